The van der Waals surface area contributed by atoms with Crippen LogP contribution in [0.2, 0.25) is 18.1 Å². The molecule has 0 aromatic rings. The van der Waals surface area contributed by atoms with Crippen LogP contribution in [0, 0.1) is 0 Å². The summed E-state index contributed by atoms with van der Waals surface area (Å²) in [4.78, 5) is 21.5. The van der Waals surface area contributed by atoms with Gasteiger partial charge in [-0.2, -0.15) is 0 Å². The van der Waals surface area contributed by atoms with E-state index in [4.69, 9.17) is 14.6 Å². The molecule has 0 bridgehead atoms. The topological polar surface area (TPSA) is 83.8 Å². The first-order valence-electron chi connectivity index (χ1n) is 5.60. The van der Waals surface area contributed by atoms with Gasteiger partial charge in [0.2, 0.25) is 0 Å². The SMILES string of the molecule is CC(C)(C)[Si](C)(C)O[C@@H](CCC(=O)O)C(=O)O. The maximum absolute atomic E-state index is 11.0. The van der Waals surface area contributed by atoms with E-state index in [0.29, 0.717) is 0 Å². The van der Waals surface area contributed by atoms with E-state index in [-0.39, 0.29) is 17.9 Å². The van der Waals surface area contributed by atoms with Gasteiger partial charge in [0.05, 0.1) is 0 Å². The monoisotopic (exact) mass is 262 g/mol. The van der Waals surface area contributed by atoms with Crippen molar-refractivity contribution >= 4 is 20.3 Å². The first kappa shape index (κ1) is 16.1. The van der Waals surface area contributed by atoms with E-state index < -0.39 is 26.4 Å². The summed E-state index contributed by atoms with van der Waals surface area (Å²) >= 11 is 0. The zero-order chi connectivity index (χ0) is 13.9. The molecule has 17 heavy (non-hydrogen) atoms. The average Bonchev–Trinajstić information content (AvgIpc) is 2.09. The Balaban J connectivity index is 4.66. The molecule has 1 atom stereocenters. The number of aliphatic carboxylic acids is 2. The Bertz CT molecular complexity index is 293. The van der Waals surface area contributed by atoms with Crippen molar-refractivity contribution in [2.75, 3.05) is 0 Å². The van der Waals surface area contributed by atoms with Crippen molar-refractivity contribution in [3.05, 3.63) is 0 Å². The van der Waals surface area contributed by atoms with Gasteiger partial charge < -0.3 is 14.6 Å². The number of carboxylic acid groups (broad SMARTS) is 2. The van der Waals surface area contributed by atoms with Crippen LogP contribution < -0.4 is 0 Å². The lowest BCUT2D eigenvalue weighted by atomic mass is 10.2. The van der Waals surface area contributed by atoms with Crippen LogP contribution in [0.4, 0.5) is 0 Å². The highest BCUT2D eigenvalue weighted by Crippen LogP contribution is 2.37. The maximum atomic E-state index is 11.0. The predicted molar refractivity (Wildman–Crippen MR) is 66.6 cm³/mol. The summed E-state index contributed by atoms with van der Waals surface area (Å²) in [5, 5.41) is 17.5. The fourth-order valence-corrected chi connectivity index (χ4v) is 2.30. The maximum Gasteiger partial charge on any atom is 0.331 e. The van der Waals surface area contributed by atoms with E-state index in [9.17, 15) is 9.59 Å². The minimum Gasteiger partial charge on any atom is -0.481 e. The molecule has 0 radical (unpaired) electrons. The third-order valence-corrected chi connectivity index (χ3v) is 7.63. The molecular weight excluding hydrogens is 240 g/mol. The minimum atomic E-state index is -2.18. The Kier molecular flexibility index (Phi) is 5.34. The molecule has 0 saturated heterocycles. The number of hydrogen-bond acceptors (Lipinski definition) is 3. The number of carboxylic acids is 2. The Hall–Kier alpha value is -0.883. The van der Waals surface area contributed by atoms with Crippen molar-refractivity contribution in [2.24, 2.45) is 0 Å². The van der Waals surface area contributed by atoms with Gasteiger partial charge in [-0.05, 0) is 24.6 Å². The molecule has 0 aliphatic carbocycles. The van der Waals surface area contributed by atoms with Crippen molar-refractivity contribution in [3.8, 4) is 0 Å². The number of carbonyl (C=O) groups is 2. The summed E-state index contributed by atoms with van der Waals surface area (Å²) in [6.07, 6.45) is -1.20. The third kappa shape index (κ3) is 5.32. The van der Waals surface area contributed by atoms with Gasteiger partial charge in [-0.15, -0.1) is 0 Å². The molecular formula is C11H22O5Si. The molecule has 2 N–H and O–H groups in total. The van der Waals surface area contributed by atoms with E-state index in [0.717, 1.165) is 0 Å². The minimum absolute atomic E-state index is 0.0111. The van der Waals surface area contributed by atoms with Crippen LogP contribution in [0.1, 0.15) is 33.6 Å². The van der Waals surface area contributed by atoms with Crippen LogP contribution in [-0.2, 0) is 14.0 Å². The van der Waals surface area contributed by atoms with Crippen molar-refractivity contribution in [1.82, 2.24) is 0 Å². The molecule has 0 aromatic heterocycles. The molecule has 0 saturated carbocycles. The fourth-order valence-electron chi connectivity index (χ4n) is 1.02. The van der Waals surface area contributed by atoms with Crippen LogP contribution in [-0.4, -0.2) is 36.6 Å². The third-order valence-electron chi connectivity index (χ3n) is 3.14. The molecule has 0 aliphatic rings. The zero-order valence-electron chi connectivity index (χ0n) is 11.1. The van der Waals surface area contributed by atoms with Crippen LogP contribution in [0.25, 0.3) is 0 Å². The van der Waals surface area contributed by atoms with Gasteiger partial charge in [-0.1, -0.05) is 20.8 Å². The average molecular weight is 262 g/mol. The second-order valence-electron chi connectivity index (χ2n) is 5.64. The van der Waals surface area contributed by atoms with Crippen molar-refractivity contribution in [3.63, 3.8) is 0 Å². The second kappa shape index (κ2) is 5.64. The number of rotatable bonds is 6. The summed E-state index contributed by atoms with van der Waals surface area (Å²) in [5.41, 5.74) is 0. The van der Waals surface area contributed by atoms with Crippen molar-refractivity contribution < 1.29 is 24.2 Å². The number of hydrogen-bond donors (Lipinski definition) is 2. The van der Waals surface area contributed by atoms with Gasteiger partial charge in [0, 0.05) is 6.42 Å². The second-order valence-corrected chi connectivity index (χ2v) is 10.4. The van der Waals surface area contributed by atoms with E-state index in [1.54, 1.807) is 0 Å². The highest BCUT2D eigenvalue weighted by Gasteiger charge is 2.40. The first-order valence-corrected chi connectivity index (χ1v) is 8.50. The van der Waals surface area contributed by atoms with Gasteiger partial charge in [-0.25, -0.2) is 4.79 Å². The lowest BCUT2D eigenvalue weighted by Gasteiger charge is -2.38. The molecule has 100 valence electrons. The van der Waals surface area contributed by atoms with E-state index in [1.165, 1.54) is 0 Å². The molecule has 6 heteroatoms. The molecule has 0 fully saturated rings. The summed E-state index contributed by atoms with van der Waals surface area (Å²) in [7, 11) is -2.18. The Morgan fingerprint density at radius 3 is 2.00 bits per heavy atom. The van der Waals surface area contributed by atoms with Gasteiger partial charge in [0.25, 0.3) is 0 Å². The van der Waals surface area contributed by atoms with Gasteiger partial charge in [0.15, 0.2) is 8.32 Å². The van der Waals surface area contributed by atoms with Crippen LogP contribution >= 0.6 is 0 Å². The molecule has 0 heterocycles. The summed E-state index contributed by atoms with van der Waals surface area (Å²) in [6, 6.07) is 0. The van der Waals surface area contributed by atoms with E-state index in [2.05, 4.69) is 0 Å². The van der Waals surface area contributed by atoms with Crippen LogP contribution in [0.15, 0.2) is 0 Å². The smallest absolute Gasteiger partial charge is 0.331 e. The Labute approximate surface area is 103 Å². The van der Waals surface area contributed by atoms with Gasteiger partial charge in [-0.3, -0.25) is 4.79 Å². The highest BCUT2D eigenvalue weighted by atomic mass is 28.4. The lowest BCUT2D eigenvalue weighted by Crippen LogP contribution is -2.46. The molecule has 0 spiro atoms. The highest BCUT2D eigenvalue weighted by molar-refractivity contribution is 6.74. The normalized spacial score (nSPS) is 14.4. The Morgan fingerprint density at radius 1 is 1.24 bits per heavy atom. The predicted octanol–water partition coefficient (Wildman–Crippen LogP) is 2.33. The van der Waals surface area contributed by atoms with Crippen LogP contribution in [0.5, 0.6) is 0 Å². The first-order chi connectivity index (χ1) is 7.47. The Morgan fingerprint density at radius 2 is 1.71 bits per heavy atom. The molecule has 0 unspecified atom stereocenters. The summed E-state index contributed by atoms with van der Waals surface area (Å²) < 4.78 is 5.69. The van der Waals surface area contributed by atoms with Crippen molar-refractivity contribution in [2.45, 2.75) is 57.8 Å². The van der Waals surface area contributed by atoms with Gasteiger partial charge in [0.1, 0.15) is 6.10 Å². The van der Waals surface area contributed by atoms with Crippen molar-refractivity contribution in [1.29, 1.82) is 0 Å². The lowest BCUT2D eigenvalue weighted by molar-refractivity contribution is -0.146. The molecule has 5 nitrogen and oxygen atoms in total. The van der Waals surface area contributed by atoms with Gasteiger partial charge >= 0.3 is 11.9 Å². The fraction of sp³-hybridized carbons (Fsp3) is 0.818. The largest absolute Gasteiger partial charge is 0.481 e. The molecule has 0 amide bonds. The quantitative estimate of drug-likeness (QED) is 0.718. The standard InChI is InChI=1S/C11H22O5Si/c1-11(2,3)17(4,5)16-8(10(14)15)6-7-9(12)13/h8H,6-7H2,1-5H3,(H,12,13)(H,14,15)/t8-/m0/s1. The summed E-state index contributed by atoms with van der Waals surface area (Å²) in [5.74, 6) is -2.09. The van der Waals surface area contributed by atoms with E-state index in [1.807, 2.05) is 33.9 Å². The molecule has 0 aliphatic heterocycles. The van der Waals surface area contributed by atoms with E-state index >= 15 is 0 Å². The zero-order valence-corrected chi connectivity index (χ0v) is 12.1. The molecule has 0 aromatic carbocycles. The van der Waals surface area contributed by atoms with Crippen LogP contribution in [0.3, 0.4) is 0 Å². The summed E-state index contributed by atoms with van der Waals surface area (Å²) in [6.45, 7) is 9.92. The molecule has 0 rings (SSSR count).